The Morgan fingerprint density at radius 1 is 1.50 bits per heavy atom. The standard InChI is InChI=1S/C11H22N2O/c1-10(5-7-12)13-9-11(2,3)6-4-8-14/h10,13-14H,4-6,8-9H2,1-3H3. The molecule has 0 radical (unpaired) electrons. The van der Waals surface area contributed by atoms with E-state index in [9.17, 15) is 0 Å². The smallest absolute Gasteiger partial charge is 0.0638 e. The Balaban J connectivity index is 3.69. The normalized spacial score (nSPS) is 13.6. The minimum absolute atomic E-state index is 0.201. The summed E-state index contributed by atoms with van der Waals surface area (Å²) >= 11 is 0. The van der Waals surface area contributed by atoms with Crippen LogP contribution in [0.4, 0.5) is 0 Å². The molecule has 3 heteroatoms. The first-order valence-corrected chi connectivity index (χ1v) is 5.23. The maximum atomic E-state index is 8.73. The summed E-state index contributed by atoms with van der Waals surface area (Å²) in [5.74, 6) is 0. The number of hydrogen-bond acceptors (Lipinski definition) is 3. The maximum Gasteiger partial charge on any atom is 0.0638 e. The van der Waals surface area contributed by atoms with Crippen LogP contribution >= 0.6 is 0 Å². The van der Waals surface area contributed by atoms with Gasteiger partial charge in [-0.3, -0.25) is 0 Å². The molecule has 0 aromatic rings. The van der Waals surface area contributed by atoms with E-state index in [4.69, 9.17) is 10.4 Å². The fraction of sp³-hybridized carbons (Fsp3) is 0.909. The van der Waals surface area contributed by atoms with Crippen molar-refractivity contribution in [2.45, 2.75) is 46.1 Å². The monoisotopic (exact) mass is 198 g/mol. The summed E-state index contributed by atoms with van der Waals surface area (Å²) in [5.41, 5.74) is 0.201. The molecule has 14 heavy (non-hydrogen) atoms. The molecule has 0 rings (SSSR count). The molecule has 3 nitrogen and oxygen atoms in total. The van der Waals surface area contributed by atoms with Crippen LogP contribution in [0.3, 0.4) is 0 Å². The highest BCUT2D eigenvalue weighted by molar-refractivity contribution is 4.80. The number of nitriles is 1. The zero-order valence-corrected chi connectivity index (χ0v) is 9.51. The van der Waals surface area contributed by atoms with Crippen LogP contribution in [0.2, 0.25) is 0 Å². The SMILES string of the molecule is CC(CC#N)NCC(C)(C)CCCO. The van der Waals surface area contributed by atoms with Crippen molar-refractivity contribution in [2.24, 2.45) is 5.41 Å². The predicted octanol–water partition coefficient (Wildman–Crippen LogP) is 1.68. The number of aliphatic hydroxyl groups is 1. The van der Waals surface area contributed by atoms with Crippen LogP contribution in [0.15, 0.2) is 0 Å². The van der Waals surface area contributed by atoms with Gasteiger partial charge in [0.15, 0.2) is 0 Å². The lowest BCUT2D eigenvalue weighted by Gasteiger charge is -2.26. The Hall–Kier alpha value is -0.590. The van der Waals surface area contributed by atoms with Gasteiger partial charge in [0.05, 0.1) is 12.5 Å². The molecule has 0 aliphatic heterocycles. The van der Waals surface area contributed by atoms with Gasteiger partial charge in [-0.05, 0) is 25.2 Å². The quantitative estimate of drug-likeness (QED) is 0.654. The summed E-state index contributed by atoms with van der Waals surface area (Å²) in [6, 6.07) is 2.40. The average Bonchev–Trinajstić information content (AvgIpc) is 2.13. The van der Waals surface area contributed by atoms with E-state index in [0.717, 1.165) is 19.4 Å². The fourth-order valence-corrected chi connectivity index (χ4v) is 1.31. The topological polar surface area (TPSA) is 56.0 Å². The van der Waals surface area contributed by atoms with Crippen LogP contribution in [0, 0.1) is 16.7 Å². The third kappa shape index (κ3) is 6.88. The van der Waals surface area contributed by atoms with Crippen molar-refractivity contribution in [1.29, 1.82) is 5.26 Å². The molecule has 0 saturated carbocycles. The zero-order valence-electron chi connectivity index (χ0n) is 9.51. The first-order valence-electron chi connectivity index (χ1n) is 5.23. The van der Waals surface area contributed by atoms with Crippen LogP contribution in [-0.4, -0.2) is 24.3 Å². The van der Waals surface area contributed by atoms with Crippen molar-refractivity contribution >= 4 is 0 Å². The third-order valence-electron chi connectivity index (χ3n) is 2.34. The number of nitrogens with one attached hydrogen (secondary N) is 1. The summed E-state index contributed by atoms with van der Waals surface area (Å²) in [6.45, 7) is 7.53. The first kappa shape index (κ1) is 13.4. The third-order valence-corrected chi connectivity index (χ3v) is 2.34. The molecule has 0 amide bonds. The van der Waals surface area contributed by atoms with Gasteiger partial charge in [0.1, 0.15) is 0 Å². The second-order valence-electron chi connectivity index (χ2n) is 4.64. The van der Waals surface area contributed by atoms with E-state index < -0.39 is 0 Å². The van der Waals surface area contributed by atoms with Crippen LogP contribution in [0.5, 0.6) is 0 Å². The largest absolute Gasteiger partial charge is 0.396 e. The van der Waals surface area contributed by atoms with Crippen molar-refractivity contribution in [1.82, 2.24) is 5.32 Å². The molecular formula is C11H22N2O. The lowest BCUT2D eigenvalue weighted by Crippen LogP contribution is -2.35. The Morgan fingerprint density at radius 3 is 2.64 bits per heavy atom. The summed E-state index contributed by atoms with van der Waals surface area (Å²) in [6.07, 6.45) is 2.41. The molecule has 82 valence electrons. The molecule has 0 aliphatic rings. The van der Waals surface area contributed by atoms with E-state index in [1.807, 2.05) is 6.92 Å². The van der Waals surface area contributed by atoms with E-state index in [2.05, 4.69) is 25.2 Å². The van der Waals surface area contributed by atoms with Crippen LogP contribution in [0.1, 0.15) is 40.0 Å². The maximum absolute atomic E-state index is 8.73. The van der Waals surface area contributed by atoms with Gasteiger partial charge in [0, 0.05) is 19.2 Å². The molecule has 0 aliphatic carbocycles. The minimum Gasteiger partial charge on any atom is -0.396 e. The summed E-state index contributed by atoms with van der Waals surface area (Å²) in [5, 5.41) is 20.5. The fourth-order valence-electron chi connectivity index (χ4n) is 1.31. The van der Waals surface area contributed by atoms with Crippen molar-refractivity contribution in [3.63, 3.8) is 0 Å². The molecule has 0 aromatic heterocycles. The highest BCUT2D eigenvalue weighted by Gasteiger charge is 2.17. The molecular weight excluding hydrogens is 176 g/mol. The van der Waals surface area contributed by atoms with Crippen molar-refractivity contribution in [3.8, 4) is 6.07 Å². The lowest BCUT2D eigenvalue weighted by atomic mass is 9.87. The van der Waals surface area contributed by atoms with E-state index in [-0.39, 0.29) is 18.1 Å². The minimum atomic E-state index is 0.201. The van der Waals surface area contributed by atoms with Crippen molar-refractivity contribution < 1.29 is 5.11 Å². The van der Waals surface area contributed by atoms with Gasteiger partial charge in [-0.1, -0.05) is 13.8 Å². The Labute approximate surface area is 87.1 Å². The Morgan fingerprint density at radius 2 is 2.14 bits per heavy atom. The molecule has 0 saturated heterocycles. The Kier molecular flexibility index (Phi) is 6.52. The highest BCUT2D eigenvalue weighted by Crippen LogP contribution is 2.20. The summed E-state index contributed by atoms with van der Waals surface area (Å²) in [7, 11) is 0. The van der Waals surface area contributed by atoms with Gasteiger partial charge in [-0.25, -0.2) is 0 Å². The molecule has 0 heterocycles. The van der Waals surface area contributed by atoms with E-state index in [0.29, 0.717) is 6.42 Å². The first-order chi connectivity index (χ1) is 6.52. The Bertz CT molecular complexity index is 184. The number of hydrogen-bond donors (Lipinski definition) is 2. The van der Waals surface area contributed by atoms with Crippen LogP contribution in [-0.2, 0) is 0 Å². The summed E-state index contributed by atoms with van der Waals surface area (Å²) < 4.78 is 0. The van der Waals surface area contributed by atoms with Gasteiger partial charge in [0.2, 0.25) is 0 Å². The average molecular weight is 198 g/mol. The van der Waals surface area contributed by atoms with Gasteiger partial charge >= 0.3 is 0 Å². The second kappa shape index (κ2) is 6.80. The van der Waals surface area contributed by atoms with E-state index in [1.165, 1.54) is 0 Å². The number of rotatable bonds is 7. The van der Waals surface area contributed by atoms with Gasteiger partial charge in [0.25, 0.3) is 0 Å². The molecule has 0 fully saturated rings. The van der Waals surface area contributed by atoms with Gasteiger partial charge in [-0.2, -0.15) is 5.26 Å². The number of aliphatic hydroxyl groups excluding tert-OH is 1. The van der Waals surface area contributed by atoms with Crippen molar-refractivity contribution in [2.75, 3.05) is 13.2 Å². The molecule has 1 unspecified atom stereocenters. The van der Waals surface area contributed by atoms with Gasteiger partial charge in [-0.15, -0.1) is 0 Å². The number of nitrogens with zero attached hydrogens (tertiary/aromatic N) is 1. The lowest BCUT2D eigenvalue weighted by molar-refractivity contribution is 0.233. The second-order valence-corrected chi connectivity index (χ2v) is 4.64. The molecule has 2 N–H and O–H groups in total. The van der Waals surface area contributed by atoms with E-state index >= 15 is 0 Å². The van der Waals surface area contributed by atoms with Gasteiger partial charge < -0.3 is 10.4 Å². The van der Waals surface area contributed by atoms with Crippen LogP contribution < -0.4 is 5.32 Å². The van der Waals surface area contributed by atoms with Crippen molar-refractivity contribution in [3.05, 3.63) is 0 Å². The predicted molar refractivity (Wildman–Crippen MR) is 57.8 cm³/mol. The summed E-state index contributed by atoms with van der Waals surface area (Å²) in [4.78, 5) is 0. The molecule has 1 atom stereocenters. The molecule has 0 bridgehead atoms. The molecule has 0 spiro atoms. The molecule has 0 aromatic carbocycles. The highest BCUT2D eigenvalue weighted by atomic mass is 16.2. The van der Waals surface area contributed by atoms with Crippen LogP contribution in [0.25, 0.3) is 0 Å². The van der Waals surface area contributed by atoms with E-state index in [1.54, 1.807) is 0 Å². The zero-order chi connectivity index (χ0) is 11.0.